The molecule has 0 aliphatic heterocycles. The number of nitrogens with zero attached hydrogens (tertiary/aromatic N) is 1. The Kier molecular flexibility index (Phi) is 4.28. The van der Waals surface area contributed by atoms with Gasteiger partial charge < -0.3 is 4.74 Å². The summed E-state index contributed by atoms with van der Waals surface area (Å²) in [6.45, 7) is 0. The predicted octanol–water partition coefficient (Wildman–Crippen LogP) is 0.151. The molecule has 1 rings (SSSR count). The number of hydrogen-bond donors (Lipinski definition) is 0. The lowest BCUT2D eigenvalue weighted by Gasteiger charge is -2.22. The molecule has 0 amide bonds. The number of sulfonamides is 1. The fourth-order valence-corrected chi connectivity index (χ4v) is 3.71. The number of hydrogen-bond acceptors (Lipinski definition) is 5. The van der Waals surface area contributed by atoms with Gasteiger partial charge in [0, 0.05) is 7.05 Å². The van der Waals surface area contributed by atoms with E-state index in [-0.39, 0.29) is 0 Å². The Balaban J connectivity index is 2.91. The van der Waals surface area contributed by atoms with E-state index in [2.05, 4.69) is 9.57 Å². The molecule has 0 spiro atoms. The largest absolute Gasteiger partial charge is 0.469 e. The standard InChI is InChI=1S/C9H17NO5S/c1-10(15-3)16(12,13)8-6-4-5-7(8)9(11)14-2/h7-8H,4-6H2,1-3H3. The summed E-state index contributed by atoms with van der Waals surface area (Å²) in [5, 5.41) is -0.732. The van der Waals surface area contributed by atoms with Crippen LogP contribution in [0.5, 0.6) is 0 Å². The molecule has 0 radical (unpaired) electrons. The lowest BCUT2D eigenvalue weighted by molar-refractivity contribution is -0.145. The molecule has 0 aromatic carbocycles. The van der Waals surface area contributed by atoms with Crippen LogP contribution in [0, 0.1) is 5.92 Å². The van der Waals surface area contributed by atoms with Gasteiger partial charge in [-0.05, 0) is 12.8 Å². The van der Waals surface area contributed by atoms with E-state index in [1.165, 1.54) is 21.3 Å². The molecule has 1 aliphatic rings. The van der Waals surface area contributed by atoms with Gasteiger partial charge in [0.2, 0.25) is 10.0 Å². The van der Waals surface area contributed by atoms with E-state index in [1.54, 1.807) is 0 Å². The normalized spacial score (nSPS) is 26.0. The van der Waals surface area contributed by atoms with E-state index < -0.39 is 27.2 Å². The minimum Gasteiger partial charge on any atom is -0.469 e. The van der Waals surface area contributed by atoms with Crippen LogP contribution in [0.25, 0.3) is 0 Å². The van der Waals surface area contributed by atoms with Crippen molar-refractivity contribution in [3.63, 3.8) is 0 Å². The third-order valence-corrected chi connectivity index (χ3v) is 5.15. The van der Waals surface area contributed by atoms with Crippen LogP contribution in [-0.2, 0) is 24.4 Å². The van der Waals surface area contributed by atoms with Gasteiger partial charge in [-0.3, -0.25) is 9.63 Å². The third kappa shape index (κ3) is 2.36. The zero-order valence-corrected chi connectivity index (χ0v) is 10.5. The van der Waals surface area contributed by atoms with Crippen molar-refractivity contribution < 1.29 is 22.8 Å². The van der Waals surface area contributed by atoms with Gasteiger partial charge in [0.25, 0.3) is 0 Å². The smallest absolute Gasteiger partial charge is 0.310 e. The van der Waals surface area contributed by atoms with Gasteiger partial charge in [0.05, 0.1) is 25.4 Å². The van der Waals surface area contributed by atoms with Crippen LogP contribution >= 0.6 is 0 Å². The Morgan fingerprint density at radius 3 is 2.44 bits per heavy atom. The molecule has 0 aromatic heterocycles. The summed E-state index contributed by atoms with van der Waals surface area (Å²) in [6.07, 6.45) is 1.73. The van der Waals surface area contributed by atoms with Crippen LogP contribution in [-0.4, -0.2) is 45.4 Å². The second-order valence-electron chi connectivity index (χ2n) is 3.74. The highest BCUT2D eigenvalue weighted by molar-refractivity contribution is 7.89. The van der Waals surface area contributed by atoms with Gasteiger partial charge in [0.1, 0.15) is 0 Å². The second-order valence-corrected chi connectivity index (χ2v) is 5.89. The summed E-state index contributed by atoms with van der Waals surface area (Å²) >= 11 is 0. The quantitative estimate of drug-likeness (QED) is 0.525. The van der Waals surface area contributed by atoms with E-state index >= 15 is 0 Å². The molecule has 2 atom stereocenters. The first kappa shape index (κ1) is 13.4. The van der Waals surface area contributed by atoms with Gasteiger partial charge in [-0.1, -0.05) is 10.9 Å². The molecule has 0 N–H and O–H groups in total. The number of methoxy groups -OCH3 is 1. The topological polar surface area (TPSA) is 72.9 Å². The molecule has 16 heavy (non-hydrogen) atoms. The van der Waals surface area contributed by atoms with Crippen molar-refractivity contribution in [2.45, 2.75) is 24.5 Å². The van der Waals surface area contributed by atoms with Crippen molar-refractivity contribution in [3.8, 4) is 0 Å². The van der Waals surface area contributed by atoms with Crippen molar-refractivity contribution in [2.75, 3.05) is 21.3 Å². The first-order chi connectivity index (χ1) is 7.45. The summed E-state index contributed by atoms with van der Waals surface area (Å²) in [4.78, 5) is 16.1. The highest BCUT2D eigenvalue weighted by atomic mass is 32.2. The number of ether oxygens (including phenoxy) is 1. The van der Waals surface area contributed by atoms with Crippen LogP contribution in [0.4, 0.5) is 0 Å². The fourth-order valence-electron chi connectivity index (χ4n) is 2.00. The first-order valence-electron chi connectivity index (χ1n) is 5.04. The van der Waals surface area contributed by atoms with Gasteiger partial charge in [-0.2, -0.15) is 0 Å². The zero-order valence-electron chi connectivity index (χ0n) is 9.67. The SMILES string of the molecule is COC(=O)C1CCCC1S(=O)(=O)N(C)OC. The Hall–Kier alpha value is -0.660. The highest BCUT2D eigenvalue weighted by Crippen LogP contribution is 2.33. The van der Waals surface area contributed by atoms with E-state index in [0.29, 0.717) is 19.3 Å². The van der Waals surface area contributed by atoms with Crippen molar-refractivity contribution >= 4 is 16.0 Å². The minimum atomic E-state index is -3.58. The van der Waals surface area contributed by atoms with Crippen LogP contribution in [0.15, 0.2) is 0 Å². The lowest BCUT2D eigenvalue weighted by Crippen LogP contribution is -2.40. The fraction of sp³-hybridized carbons (Fsp3) is 0.889. The number of carbonyl (C=O) groups is 1. The molecule has 0 saturated heterocycles. The van der Waals surface area contributed by atoms with Crippen molar-refractivity contribution in [1.82, 2.24) is 4.47 Å². The highest BCUT2D eigenvalue weighted by Gasteiger charge is 2.44. The van der Waals surface area contributed by atoms with Crippen molar-refractivity contribution in [2.24, 2.45) is 5.92 Å². The maximum absolute atomic E-state index is 12.0. The molecule has 1 saturated carbocycles. The number of rotatable bonds is 4. The van der Waals surface area contributed by atoms with Crippen LogP contribution in [0.2, 0.25) is 0 Å². The Labute approximate surface area is 95.5 Å². The van der Waals surface area contributed by atoms with Gasteiger partial charge in [-0.15, -0.1) is 0 Å². The number of esters is 1. The molecule has 2 unspecified atom stereocenters. The maximum atomic E-state index is 12.0. The van der Waals surface area contributed by atoms with Crippen molar-refractivity contribution in [3.05, 3.63) is 0 Å². The van der Waals surface area contributed by atoms with E-state index in [4.69, 9.17) is 0 Å². The lowest BCUT2D eigenvalue weighted by atomic mass is 10.1. The molecule has 6 nitrogen and oxygen atoms in total. The second kappa shape index (κ2) is 5.11. The molecule has 1 fully saturated rings. The van der Waals surface area contributed by atoms with Gasteiger partial charge in [0.15, 0.2) is 0 Å². The molecule has 0 heterocycles. The first-order valence-corrected chi connectivity index (χ1v) is 6.55. The van der Waals surface area contributed by atoms with Crippen molar-refractivity contribution in [1.29, 1.82) is 0 Å². The van der Waals surface area contributed by atoms with Gasteiger partial charge >= 0.3 is 5.97 Å². The Morgan fingerprint density at radius 1 is 1.31 bits per heavy atom. The zero-order chi connectivity index (χ0) is 12.3. The van der Waals surface area contributed by atoms with E-state index in [9.17, 15) is 13.2 Å². The number of hydroxylamine groups is 1. The minimum absolute atomic E-state index is 0.462. The Morgan fingerprint density at radius 2 is 1.94 bits per heavy atom. The Bertz CT molecular complexity index is 353. The molecule has 1 aliphatic carbocycles. The summed E-state index contributed by atoms with van der Waals surface area (Å²) in [7, 11) is 0.284. The van der Waals surface area contributed by atoms with E-state index in [0.717, 1.165) is 4.47 Å². The summed E-state index contributed by atoms with van der Waals surface area (Å²) in [5.74, 6) is -1.04. The number of carbonyl (C=O) groups excluding carboxylic acids is 1. The third-order valence-electron chi connectivity index (χ3n) is 2.95. The van der Waals surface area contributed by atoms with Gasteiger partial charge in [-0.25, -0.2) is 8.42 Å². The molecule has 0 bridgehead atoms. The molecule has 94 valence electrons. The van der Waals surface area contributed by atoms with E-state index in [1.807, 2.05) is 0 Å². The summed E-state index contributed by atoms with van der Waals surface area (Å²) < 4.78 is 29.4. The monoisotopic (exact) mass is 251 g/mol. The summed E-state index contributed by atoms with van der Waals surface area (Å²) in [6, 6.07) is 0. The average molecular weight is 251 g/mol. The maximum Gasteiger partial charge on any atom is 0.310 e. The predicted molar refractivity (Wildman–Crippen MR) is 56.8 cm³/mol. The molecule has 7 heteroatoms. The van der Waals surface area contributed by atoms with Crippen LogP contribution in [0.3, 0.4) is 0 Å². The molecular weight excluding hydrogens is 234 g/mol. The van der Waals surface area contributed by atoms with Crippen LogP contribution < -0.4 is 0 Å². The average Bonchev–Trinajstić information content (AvgIpc) is 2.76. The van der Waals surface area contributed by atoms with Crippen LogP contribution in [0.1, 0.15) is 19.3 Å². The molecular formula is C9H17NO5S. The molecule has 0 aromatic rings. The summed E-state index contributed by atoms with van der Waals surface area (Å²) in [5.41, 5.74) is 0.